The summed E-state index contributed by atoms with van der Waals surface area (Å²) in [4.78, 5) is 36.1. The van der Waals surface area contributed by atoms with Gasteiger partial charge in [-0.25, -0.2) is 9.97 Å². The van der Waals surface area contributed by atoms with Crippen molar-refractivity contribution in [3.8, 4) is 0 Å². The van der Waals surface area contributed by atoms with Crippen LogP contribution in [0, 0.1) is 17.0 Å². The molecule has 1 aliphatic rings. The van der Waals surface area contributed by atoms with E-state index in [-0.39, 0.29) is 23.8 Å². The van der Waals surface area contributed by atoms with Crippen molar-refractivity contribution in [2.24, 2.45) is 7.05 Å². The number of aromatic nitrogens is 4. The maximum Gasteiger partial charge on any atom is 0.293 e. The van der Waals surface area contributed by atoms with Gasteiger partial charge >= 0.3 is 0 Å². The minimum absolute atomic E-state index is 0.0996. The number of piperazine rings is 1. The predicted octanol–water partition coefficient (Wildman–Crippen LogP) is 1.34. The van der Waals surface area contributed by atoms with E-state index in [0.29, 0.717) is 26.2 Å². The maximum atomic E-state index is 12.4. The minimum atomic E-state index is -0.484. The van der Waals surface area contributed by atoms with Crippen molar-refractivity contribution in [3.63, 3.8) is 0 Å². The fraction of sp³-hybridized carbons (Fsp3) is 0.368. The highest BCUT2D eigenvalue weighted by Gasteiger charge is 2.23. The van der Waals surface area contributed by atoms with E-state index >= 15 is 0 Å². The Kier molecular flexibility index (Phi) is 5.27. The van der Waals surface area contributed by atoms with Crippen LogP contribution in [0.2, 0.25) is 0 Å². The number of nitrogens with one attached hydrogen (secondary N) is 1. The minimum Gasteiger partial charge on any atom is -0.353 e. The third kappa shape index (κ3) is 3.92. The van der Waals surface area contributed by atoms with Crippen LogP contribution < -0.4 is 10.2 Å². The number of nitrogens with zero attached hydrogens (tertiary/aromatic N) is 7. The van der Waals surface area contributed by atoms with Crippen LogP contribution in [-0.2, 0) is 11.8 Å². The van der Waals surface area contributed by atoms with Crippen LogP contribution in [0.3, 0.4) is 0 Å². The molecular weight excluding hydrogens is 388 g/mol. The van der Waals surface area contributed by atoms with Gasteiger partial charge < -0.3 is 10.2 Å². The Morgan fingerprint density at radius 3 is 2.73 bits per heavy atom. The lowest BCUT2D eigenvalue weighted by Gasteiger charge is -2.35. The standard InChI is InChI=1S/C19H22N8O3/c1-13-3-4-15(16(9-13)27(29)30)23-17(28)11-25-5-7-26(8-6-25)19-14-10-22-24(2)18(14)20-12-21-19/h3-4,9-10,12H,5-8,11H2,1-2H3,(H,23,28). The zero-order valence-electron chi connectivity index (χ0n) is 16.8. The summed E-state index contributed by atoms with van der Waals surface area (Å²) in [6.07, 6.45) is 3.30. The molecule has 1 N–H and O–H groups in total. The van der Waals surface area contributed by atoms with Crippen LogP contribution in [0.1, 0.15) is 5.56 Å². The monoisotopic (exact) mass is 410 g/mol. The first-order chi connectivity index (χ1) is 14.4. The Bertz CT molecular complexity index is 1100. The first-order valence-electron chi connectivity index (χ1n) is 9.57. The molecule has 1 aliphatic heterocycles. The second-order valence-electron chi connectivity index (χ2n) is 7.29. The summed E-state index contributed by atoms with van der Waals surface area (Å²) in [7, 11) is 1.84. The van der Waals surface area contributed by atoms with Gasteiger partial charge in [-0.3, -0.25) is 24.5 Å². The summed E-state index contributed by atoms with van der Waals surface area (Å²) in [6.45, 7) is 4.71. The summed E-state index contributed by atoms with van der Waals surface area (Å²) in [5, 5.41) is 19.0. The lowest BCUT2D eigenvalue weighted by molar-refractivity contribution is -0.384. The average molecular weight is 410 g/mol. The van der Waals surface area contributed by atoms with Gasteiger partial charge in [0.05, 0.1) is 23.1 Å². The van der Waals surface area contributed by atoms with Crippen molar-refractivity contribution in [2.75, 3.05) is 42.9 Å². The van der Waals surface area contributed by atoms with E-state index in [2.05, 4.69) is 25.3 Å². The number of nitro groups is 1. The van der Waals surface area contributed by atoms with Crippen LogP contribution in [0.15, 0.2) is 30.7 Å². The lowest BCUT2D eigenvalue weighted by Crippen LogP contribution is -2.49. The number of carbonyl (C=O) groups excluding carboxylic acids is 1. The van der Waals surface area contributed by atoms with E-state index in [9.17, 15) is 14.9 Å². The molecule has 0 spiro atoms. The van der Waals surface area contributed by atoms with Gasteiger partial charge in [-0.2, -0.15) is 5.10 Å². The highest BCUT2D eigenvalue weighted by Crippen LogP contribution is 2.26. The van der Waals surface area contributed by atoms with E-state index in [1.165, 1.54) is 12.4 Å². The molecule has 3 heterocycles. The largest absolute Gasteiger partial charge is 0.353 e. The van der Waals surface area contributed by atoms with E-state index in [4.69, 9.17) is 0 Å². The van der Waals surface area contributed by atoms with E-state index in [0.717, 1.165) is 22.4 Å². The molecule has 0 aliphatic carbocycles. The van der Waals surface area contributed by atoms with Crippen molar-refractivity contribution in [2.45, 2.75) is 6.92 Å². The van der Waals surface area contributed by atoms with E-state index in [1.54, 1.807) is 29.9 Å². The van der Waals surface area contributed by atoms with Gasteiger partial charge in [-0.15, -0.1) is 0 Å². The quantitative estimate of drug-likeness (QED) is 0.494. The molecule has 0 radical (unpaired) electrons. The first-order valence-corrected chi connectivity index (χ1v) is 9.57. The molecule has 156 valence electrons. The maximum absolute atomic E-state index is 12.4. The number of amides is 1. The third-order valence-corrected chi connectivity index (χ3v) is 5.17. The summed E-state index contributed by atoms with van der Waals surface area (Å²) in [6, 6.07) is 4.76. The number of fused-ring (bicyclic) bond motifs is 1. The third-order valence-electron chi connectivity index (χ3n) is 5.17. The van der Waals surface area contributed by atoms with Crippen molar-refractivity contribution in [1.29, 1.82) is 0 Å². The molecule has 0 bridgehead atoms. The van der Waals surface area contributed by atoms with Gasteiger partial charge in [0.15, 0.2) is 5.65 Å². The molecule has 11 nitrogen and oxygen atoms in total. The van der Waals surface area contributed by atoms with Gasteiger partial charge in [0.25, 0.3) is 5.69 Å². The smallest absolute Gasteiger partial charge is 0.293 e. The molecule has 0 saturated carbocycles. The second-order valence-corrected chi connectivity index (χ2v) is 7.29. The Hall–Kier alpha value is -3.60. The van der Waals surface area contributed by atoms with Crippen LogP contribution in [0.25, 0.3) is 11.0 Å². The zero-order chi connectivity index (χ0) is 21.3. The Morgan fingerprint density at radius 1 is 1.23 bits per heavy atom. The van der Waals surface area contributed by atoms with Crippen LogP contribution in [-0.4, -0.2) is 68.2 Å². The van der Waals surface area contributed by atoms with Gasteiger partial charge in [0, 0.05) is 39.3 Å². The average Bonchev–Trinajstić information content (AvgIpc) is 3.11. The molecule has 0 atom stereocenters. The highest BCUT2D eigenvalue weighted by atomic mass is 16.6. The van der Waals surface area contributed by atoms with Crippen LogP contribution in [0.5, 0.6) is 0 Å². The summed E-state index contributed by atoms with van der Waals surface area (Å²) in [5.41, 5.74) is 1.66. The molecule has 30 heavy (non-hydrogen) atoms. The second kappa shape index (κ2) is 8.03. The van der Waals surface area contributed by atoms with E-state index < -0.39 is 4.92 Å². The van der Waals surface area contributed by atoms with E-state index in [1.807, 2.05) is 11.9 Å². The molecule has 4 rings (SSSR count). The molecular formula is C19H22N8O3. The van der Waals surface area contributed by atoms with Gasteiger partial charge in [-0.1, -0.05) is 6.07 Å². The molecule has 0 unspecified atom stereocenters. The Balaban J connectivity index is 1.37. The number of carbonyl (C=O) groups is 1. The molecule has 3 aromatic rings. The van der Waals surface area contributed by atoms with Crippen molar-refractivity contribution in [1.82, 2.24) is 24.6 Å². The van der Waals surface area contributed by atoms with Crippen molar-refractivity contribution in [3.05, 3.63) is 46.4 Å². The summed E-state index contributed by atoms with van der Waals surface area (Å²) < 4.78 is 1.71. The predicted molar refractivity (Wildman–Crippen MR) is 111 cm³/mol. The number of hydrogen-bond donors (Lipinski definition) is 1. The summed E-state index contributed by atoms with van der Waals surface area (Å²) >= 11 is 0. The molecule has 11 heteroatoms. The number of anilines is 2. The molecule has 1 saturated heterocycles. The lowest BCUT2D eigenvalue weighted by atomic mass is 10.2. The number of aryl methyl sites for hydroxylation is 2. The SMILES string of the molecule is Cc1ccc(NC(=O)CN2CCN(c3ncnc4c3cnn4C)CC2)c([N+](=O)[O-])c1. The molecule has 1 amide bonds. The van der Waals surface area contributed by atoms with Crippen molar-refractivity contribution < 1.29 is 9.72 Å². The Labute approximate surface area is 172 Å². The van der Waals surface area contributed by atoms with Gasteiger partial charge in [0.1, 0.15) is 17.8 Å². The fourth-order valence-corrected chi connectivity index (χ4v) is 3.61. The zero-order valence-corrected chi connectivity index (χ0v) is 16.8. The van der Waals surface area contributed by atoms with Gasteiger partial charge in [-0.05, 0) is 18.6 Å². The van der Waals surface area contributed by atoms with Crippen molar-refractivity contribution >= 4 is 34.1 Å². The number of rotatable bonds is 5. The normalized spacial score (nSPS) is 14.8. The van der Waals surface area contributed by atoms with Crippen LogP contribution >= 0.6 is 0 Å². The fourth-order valence-electron chi connectivity index (χ4n) is 3.61. The van der Waals surface area contributed by atoms with Gasteiger partial charge in [0.2, 0.25) is 5.91 Å². The molecule has 1 fully saturated rings. The van der Waals surface area contributed by atoms with Crippen LogP contribution in [0.4, 0.5) is 17.2 Å². The highest BCUT2D eigenvalue weighted by molar-refractivity contribution is 5.94. The summed E-state index contributed by atoms with van der Waals surface area (Å²) in [5.74, 6) is 0.569. The topological polar surface area (TPSA) is 122 Å². The Morgan fingerprint density at radius 2 is 2.00 bits per heavy atom. The number of hydrogen-bond acceptors (Lipinski definition) is 8. The number of benzene rings is 1. The molecule has 2 aromatic heterocycles. The first kappa shape index (κ1) is 19.7. The molecule has 1 aromatic carbocycles. The number of nitro benzene ring substituents is 1.